The van der Waals surface area contributed by atoms with Crippen LogP contribution in [0.1, 0.15) is 17.3 Å². The van der Waals surface area contributed by atoms with Gasteiger partial charge in [-0.25, -0.2) is 4.79 Å². The Morgan fingerprint density at radius 1 is 1.20 bits per heavy atom. The highest BCUT2D eigenvalue weighted by Crippen LogP contribution is 2.34. The Labute approximate surface area is 150 Å². The third-order valence-electron chi connectivity index (χ3n) is 3.69. The van der Waals surface area contributed by atoms with Crippen molar-refractivity contribution in [2.24, 2.45) is 0 Å². The largest absolute Gasteiger partial charge is 0.494 e. The molecule has 0 saturated carbocycles. The number of methoxy groups -OCH3 is 1. The average molecular weight is 357 g/mol. The third kappa shape index (κ3) is 3.51. The van der Waals surface area contributed by atoms with Crippen LogP contribution < -0.4 is 10.1 Å². The zero-order chi connectivity index (χ0) is 17.8. The Kier molecular flexibility index (Phi) is 5.05. The van der Waals surface area contributed by atoms with Gasteiger partial charge in [0.1, 0.15) is 16.8 Å². The summed E-state index contributed by atoms with van der Waals surface area (Å²) in [7, 11) is 1.59. The SMILES string of the molecule is CCOC(=O)c1cnc2c(OC)cccc2c1Nc1ccc(Cl)cc1. The molecule has 0 radical (unpaired) electrons. The first-order valence-corrected chi connectivity index (χ1v) is 8.17. The van der Waals surface area contributed by atoms with E-state index in [1.54, 1.807) is 26.2 Å². The lowest BCUT2D eigenvalue weighted by atomic mass is 10.1. The van der Waals surface area contributed by atoms with Crippen LogP contribution in [0.4, 0.5) is 11.4 Å². The summed E-state index contributed by atoms with van der Waals surface area (Å²) in [5, 5.41) is 4.68. The number of fused-ring (bicyclic) bond motifs is 1. The molecule has 0 unspecified atom stereocenters. The molecule has 0 aliphatic carbocycles. The molecule has 0 aliphatic rings. The fraction of sp³-hybridized carbons (Fsp3) is 0.158. The molecule has 0 atom stereocenters. The van der Waals surface area contributed by atoms with Crippen molar-refractivity contribution in [3.05, 3.63) is 59.2 Å². The van der Waals surface area contributed by atoms with Crippen molar-refractivity contribution >= 4 is 39.8 Å². The summed E-state index contributed by atoms with van der Waals surface area (Å²) in [6.07, 6.45) is 1.50. The van der Waals surface area contributed by atoms with Crippen molar-refractivity contribution in [3.8, 4) is 5.75 Å². The van der Waals surface area contributed by atoms with Crippen molar-refractivity contribution in [3.63, 3.8) is 0 Å². The number of ether oxygens (including phenoxy) is 2. The standard InChI is InChI=1S/C19H17ClN2O3/c1-3-25-19(23)15-11-21-18-14(5-4-6-16(18)24-2)17(15)22-13-9-7-12(20)8-10-13/h4-11H,3H2,1-2H3,(H,21,22). The molecule has 1 N–H and O–H groups in total. The summed E-state index contributed by atoms with van der Waals surface area (Å²) in [5.74, 6) is 0.197. The molecular formula is C19H17ClN2O3. The van der Waals surface area contributed by atoms with E-state index in [0.29, 0.717) is 27.5 Å². The van der Waals surface area contributed by atoms with E-state index in [2.05, 4.69) is 10.3 Å². The van der Waals surface area contributed by atoms with Crippen LogP contribution in [-0.2, 0) is 4.74 Å². The molecule has 25 heavy (non-hydrogen) atoms. The van der Waals surface area contributed by atoms with Crippen molar-refractivity contribution in [2.75, 3.05) is 19.0 Å². The molecule has 0 bridgehead atoms. The second-order valence-electron chi connectivity index (χ2n) is 5.26. The summed E-state index contributed by atoms with van der Waals surface area (Å²) in [6, 6.07) is 12.8. The minimum atomic E-state index is -0.434. The average Bonchev–Trinajstić information content (AvgIpc) is 2.63. The summed E-state index contributed by atoms with van der Waals surface area (Å²) < 4.78 is 10.5. The molecule has 0 saturated heterocycles. The smallest absolute Gasteiger partial charge is 0.341 e. The minimum absolute atomic E-state index is 0.287. The molecular weight excluding hydrogens is 340 g/mol. The number of esters is 1. The number of anilines is 2. The number of hydrogen-bond donors (Lipinski definition) is 1. The van der Waals surface area contributed by atoms with E-state index >= 15 is 0 Å². The topological polar surface area (TPSA) is 60.5 Å². The number of rotatable bonds is 5. The fourth-order valence-corrected chi connectivity index (χ4v) is 2.66. The van der Waals surface area contributed by atoms with Gasteiger partial charge in [0, 0.05) is 22.3 Å². The molecule has 3 rings (SSSR count). The first kappa shape index (κ1) is 17.0. The van der Waals surface area contributed by atoms with Gasteiger partial charge in [-0.2, -0.15) is 0 Å². The molecule has 0 fully saturated rings. The predicted molar refractivity (Wildman–Crippen MR) is 99.0 cm³/mol. The van der Waals surface area contributed by atoms with Crippen LogP contribution in [0.15, 0.2) is 48.7 Å². The number of nitrogens with zero attached hydrogens (tertiary/aromatic N) is 1. The van der Waals surface area contributed by atoms with Crippen LogP contribution in [0.3, 0.4) is 0 Å². The van der Waals surface area contributed by atoms with Crippen LogP contribution in [-0.4, -0.2) is 24.7 Å². The second-order valence-corrected chi connectivity index (χ2v) is 5.69. The van der Waals surface area contributed by atoms with Gasteiger partial charge in [0.05, 0.1) is 19.4 Å². The molecule has 0 spiro atoms. The fourth-order valence-electron chi connectivity index (χ4n) is 2.54. The van der Waals surface area contributed by atoms with Gasteiger partial charge in [0.25, 0.3) is 0 Å². The number of carbonyl (C=O) groups excluding carboxylic acids is 1. The lowest BCUT2D eigenvalue weighted by molar-refractivity contribution is 0.0527. The predicted octanol–water partition coefficient (Wildman–Crippen LogP) is 4.82. The van der Waals surface area contributed by atoms with Crippen LogP contribution in [0.5, 0.6) is 5.75 Å². The highest BCUT2D eigenvalue weighted by molar-refractivity contribution is 6.30. The van der Waals surface area contributed by atoms with E-state index < -0.39 is 5.97 Å². The van der Waals surface area contributed by atoms with Crippen molar-refractivity contribution < 1.29 is 14.3 Å². The van der Waals surface area contributed by atoms with Crippen molar-refractivity contribution in [2.45, 2.75) is 6.92 Å². The molecule has 3 aromatic rings. The number of pyridine rings is 1. The Morgan fingerprint density at radius 2 is 1.96 bits per heavy atom. The molecule has 2 aromatic carbocycles. The number of benzene rings is 2. The summed E-state index contributed by atoms with van der Waals surface area (Å²) in [6.45, 7) is 2.05. The second kappa shape index (κ2) is 7.40. The maximum Gasteiger partial charge on any atom is 0.341 e. The molecule has 1 aromatic heterocycles. The van der Waals surface area contributed by atoms with E-state index in [9.17, 15) is 4.79 Å². The Bertz CT molecular complexity index is 910. The maximum atomic E-state index is 12.4. The number of nitrogens with one attached hydrogen (secondary N) is 1. The zero-order valence-electron chi connectivity index (χ0n) is 13.9. The minimum Gasteiger partial charge on any atom is -0.494 e. The van der Waals surface area contributed by atoms with E-state index in [0.717, 1.165) is 11.1 Å². The van der Waals surface area contributed by atoms with Gasteiger partial charge in [0.2, 0.25) is 0 Å². The van der Waals surface area contributed by atoms with Gasteiger partial charge in [-0.1, -0.05) is 23.7 Å². The van der Waals surface area contributed by atoms with E-state index in [4.69, 9.17) is 21.1 Å². The van der Waals surface area contributed by atoms with E-state index in [1.165, 1.54) is 6.20 Å². The molecule has 0 amide bonds. The molecule has 5 nitrogen and oxygen atoms in total. The van der Waals surface area contributed by atoms with Crippen molar-refractivity contribution in [1.82, 2.24) is 4.98 Å². The molecule has 6 heteroatoms. The van der Waals surface area contributed by atoms with Crippen LogP contribution in [0.2, 0.25) is 5.02 Å². The number of carbonyl (C=O) groups is 1. The van der Waals surface area contributed by atoms with E-state index in [-0.39, 0.29) is 6.61 Å². The zero-order valence-corrected chi connectivity index (χ0v) is 14.6. The van der Waals surface area contributed by atoms with Gasteiger partial charge in [0.15, 0.2) is 0 Å². The van der Waals surface area contributed by atoms with Crippen molar-refractivity contribution in [1.29, 1.82) is 0 Å². The van der Waals surface area contributed by atoms with Gasteiger partial charge >= 0.3 is 5.97 Å². The molecule has 1 heterocycles. The van der Waals surface area contributed by atoms with Crippen LogP contribution in [0.25, 0.3) is 10.9 Å². The third-order valence-corrected chi connectivity index (χ3v) is 3.94. The maximum absolute atomic E-state index is 12.4. The van der Waals surface area contributed by atoms with Gasteiger partial charge in [-0.15, -0.1) is 0 Å². The number of aromatic nitrogens is 1. The normalized spacial score (nSPS) is 10.5. The monoisotopic (exact) mass is 356 g/mol. The first-order chi connectivity index (χ1) is 12.1. The van der Waals surface area contributed by atoms with Crippen LogP contribution >= 0.6 is 11.6 Å². The Balaban J connectivity index is 2.17. The molecule has 0 aliphatic heterocycles. The number of hydrogen-bond acceptors (Lipinski definition) is 5. The van der Waals surface area contributed by atoms with Crippen LogP contribution in [0, 0.1) is 0 Å². The van der Waals surface area contributed by atoms with E-state index in [1.807, 2.05) is 30.3 Å². The summed E-state index contributed by atoms with van der Waals surface area (Å²) >= 11 is 5.94. The number of halogens is 1. The number of para-hydroxylation sites is 1. The van der Waals surface area contributed by atoms with Gasteiger partial charge in [-0.05, 0) is 37.3 Å². The summed E-state index contributed by atoms with van der Waals surface area (Å²) in [4.78, 5) is 16.7. The van der Waals surface area contributed by atoms with Gasteiger partial charge in [-0.3, -0.25) is 4.98 Å². The quantitative estimate of drug-likeness (QED) is 0.664. The highest BCUT2D eigenvalue weighted by Gasteiger charge is 2.18. The Hall–Kier alpha value is -2.79. The lowest BCUT2D eigenvalue weighted by Gasteiger charge is -2.15. The lowest BCUT2D eigenvalue weighted by Crippen LogP contribution is -2.09. The highest BCUT2D eigenvalue weighted by atomic mass is 35.5. The summed E-state index contributed by atoms with van der Waals surface area (Å²) in [5.41, 5.74) is 2.43. The molecule has 128 valence electrons. The van der Waals surface area contributed by atoms with Gasteiger partial charge < -0.3 is 14.8 Å². The Morgan fingerprint density at radius 3 is 2.64 bits per heavy atom. The first-order valence-electron chi connectivity index (χ1n) is 7.79.